The molecule has 0 unspecified atom stereocenters. The first-order chi connectivity index (χ1) is 9.76. The Morgan fingerprint density at radius 2 is 2.00 bits per heavy atom. The number of esters is 1. The summed E-state index contributed by atoms with van der Waals surface area (Å²) < 4.78 is 5.05. The number of thioether (sulfide) groups is 1. The van der Waals surface area contributed by atoms with Gasteiger partial charge in [-0.05, 0) is 37.0 Å². The highest BCUT2D eigenvalue weighted by molar-refractivity contribution is 7.99. The molecular weight excluding hydrogens is 270 g/mol. The molecule has 3 nitrogen and oxygen atoms in total. The number of hydrogen-bond acceptors (Lipinski definition) is 4. The van der Waals surface area contributed by atoms with Crippen LogP contribution >= 0.6 is 11.8 Å². The first kappa shape index (κ1) is 17.1. The minimum Gasteiger partial charge on any atom is -0.465 e. The van der Waals surface area contributed by atoms with Gasteiger partial charge in [0.25, 0.3) is 0 Å². The summed E-state index contributed by atoms with van der Waals surface area (Å²) in [5, 5.41) is 0. The molecule has 0 radical (unpaired) electrons. The lowest BCUT2D eigenvalue weighted by molar-refractivity contribution is -0.144. The summed E-state index contributed by atoms with van der Waals surface area (Å²) in [6.45, 7) is 6.57. The highest BCUT2D eigenvalue weighted by atomic mass is 32.2. The van der Waals surface area contributed by atoms with Crippen LogP contribution in [0, 0.1) is 0 Å². The highest BCUT2D eigenvalue weighted by Gasteiger charge is 2.11. The summed E-state index contributed by atoms with van der Waals surface area (Å²) in [6.07, 6.45) is 1.10. The third-order valence-corrected chi connectivity index (χ3v) is 3.86. The Labute approximate surface area is 126 Å². The molecule has 0 bridgehead atoms. The summed E-state index contributed by atoms with van der Waals surface area (Å²) >= 11 is 1.94. The zero-order valence-corrected chi connectivity index (χ0v) is 13.3. The number of rotatable bonds is 10. The summed E-state index contributed by atoms with van der Waals surface area (Å²) in [5.74, 6) is 2.16. The zero-order valence-electron chi connectivity index (χ0n) is 12.5. The van der Waals surface area contributed by atoms with Crippen LogP contribution in [0.3, 0.4) is 0 Å². The van der Waals surface area contributed by atoms with Gasteiger partial charge in [0.15, 0.2) is 0 Å². The number of hydrogen-bond donors (Lipinski definition) is 0. The van der Waals surface area contributed by atoms with Crippen LogP contribution in [0.15, 0.2) is 30.3 Å². The van der Waals surface area contributed by atoms with Crippen LogP contribution in [0.4, 0.5) is 0 Å². The molecule has 0 aliphatic carbocycles. The van der Waals surface area contributed by atoms with Crippen molar-refractivity contribution >= 4 is 17.7 Å². The van der Waals surface area contributed by atoms with Crippen LogP contribution in [-0.2, 0) is 16.1 Å². The molecule has 0 atom stereocenters. The predicted octanol–water partition coefficient (Wildman–Crippen LogP) is 3.19. The number of benzene rings is 1. The van der Waals surface area contributed by atoms with E-state index in [1.807, 2.05) is 36.9 Å². The summed E-state index contributed by atoms with van der Waals surface area (Å²) in [4.78, 5) is 13.8. The molecule has 0 spiro atoms. The number of carbonyl (C=O) groups excluding carboxylic acids is 1. The van der Waals surface area contributed by atoms with Crippen LogP contribution in [0.5, 0.6) is 0 Å². The number of nitrogens with zero attached hydrogens (tertiary/aromatic N) is 1. The van der Waals surface area contributed by atoms with E-state index in [2.05, 4.69) is 24.0 Å². The molecule has 0 N–H and O–H groups in total. The molecule has 0 heterocycles. The fourth-order valence-corrected chi connectivity index (χ4v) is 2.60. The fraction of sp³-hybridized carbons (Fsp3) is 0.562. The maximum atomic E-state index is 11.7. The standard InChI is InChI=1S/C16H25NO2S/c1-3-19-16(18)14-17(11-8-12-20-4-2)13-15-9-6-5-7-10-15/h5-7,9-10H,3-4,8,11-14H2,1-2H3. The second kappa shape index (κ2) is 10.7. The minimum atomic E-state index is -0.133. The van der Waals surface area contributed by atoms with E-state index in [0.29, 0.717) is 13.2 Å². The van der Waals surface area contributed by atoms with Crippen molar-refractivity contribution in [2.75, 3.05) is 31.2 Å². The molecule has 0 saturated carbocycles. The Kier molecular flexibility index (Phi) is 9.16. The van der Waals surface area contributed by atoms with Crippen molar-refractivity contribution in [2.45, 2.75) is 26.8 Å². The van der Waals surface area contributed by atoms with Crippen molar-refractivity contribution in [3.05, 3.63) is 35.9 Å². The highest BCUT2D eigenvalue weighted by Crippen LogP contribution is 2.07. The van der Waals surface area contributed by atoms with E-state index in [9.17, 15) is 4.79 Å². The summed E-state index contributed by atoms with van der Waals surface area (Å²) in [7, 11) is 0. The average molecular weight is 295 g/mol. The van der Waals surface area contributed by atoms with E-state index in [1.54, 1.807) is 0 Å². The molecule has 20 heavy (non-hydrogen) atoms. The van der Waals surface area contributed by atoms with Gasteiger partial charge in [-0.25, -0.2) is 0 Å². The topological polar surface area (TPSA) is 29.5 Å². The molecule has 0 saturated heterocycles. The molecule has 0 aliphatic rings. The van der Waals surface area contributed by atoms with E-state index in [0.717, 1.165) is 31.0 Å². The molecule has 1 aromatic rings. The SMILES string of the molecule is CCOC(=O)CN(CCCSCC)Cc1ccccc1. The molecule has 0 amide bonds. The van der Waals surface area contributed by atoms with Gasteiger partial charge in [0.2, 0.25) is 0 Å². The maximum Gasteiger partial charge on any atom is 0.320 e. The normalized spacial score (nSPS) is 10.8. The van der Waals surface area contributed by atoms with Gasteiger partial charge >= 0.3 is 5.97 Å². The lowest BCUT2D eigenvalue weighted by Gasteiger charge is -2.21. The monoisotopic (exact) mass is 295 g/mol. The van der Waals surface area contributed by atoms with Gasteiger partial charge in [0, 0.05) is 6.54 Å². The molecule has 4 heteroatoms. The first-order valence-electron chi connectivity index (χ1n) is 7.25. The van der Waals surface area contributed by atoms with E-state index in [-0.39, 0.29) is 5.97 Å². The smallest absolute Gasteiger partial charge is 0.320 e. The van der Waals surface area contributed by atoms with Gasteiger partial charge in [-0.1, -0.05) is 37.3 Å². The molecule has 1 aromatic carbocycles. The Morgan fingerprint density at radius 3 is 2.65 bits per heavy atom. The van der Waals surface area contributed by atoms with Gasteiger partial charge in [0.05, 0.1) is 13.2 Å². The molecule has 0 aromatic heterocycles. The van der Waals surface area contributed by atoms with Crippen LogP contribution in [-0.4, -0.2) is 42.1 Å². The molecular formula is C16H25NO2S. The second-order valence-corrected chi connectivity index (χ2v) is 5.95. The molecule has 1 rings (SSSR count). The number of carbonyl (C=O) groups is 1. The minimum absolute atomic E-state index is 0.133. The van der Waals surface area contributed by atoms with E-state index >= 15 is 0 Å². The fourth-order valence-electron chi connectivity index (χ4n) is 1.98. The largest absolute Gasteiger partial charge is 0.465 e. The van der Waals surface area contributed by atoms with Crippen LogP contribution in [0.25, 0.3) is 0 Å². The summed E-state index contributed by atoms with van der Waals surface area (Å²) in [6, 6.07) is 10.3. The van der Waals surface area contributed by atoms with Crippen LogP contribution in [0.1, 0.15) is 25.8 Å². The van der Waals surface area contributed by atoms with Crippen LogP contribution in [0.2, 0.25) is 0 Å². The predicted molar refractivity (Wildman–Crippen MR) is 86.0 cm³/mol. The van der Waals surface area contributed by atoms with Gasteiger partial charge in [-0.3, -0.25) is 9.69 Å². The van der Waals surface area contributed by atoms with Gasteiger partial charge in [0.1, 0.15) is 0 Å². The van der Waals surface area contributed by atoms with Gasteiger partial charge < -0.3 is 4.74 Å². The van der Waals surface area contributed by atoms with E-state index in [1.165, 1.54) is 5.56 Å². The second-order valence-electron chi connectivity index (χ2n) is 4.55. The lowest BCUT2D eigenvalue weighted by Crippen LogP contribution is -2.31. The van der Waals surface area contributed by atoms with Crippen molar-refractivity contribution in [3.63, 3.8) is 0 Å². The molecule has 0 aliphatic heterocycles. The Balaban J connectivity index is 2.47. The quantitative estimate of drug-likeness (QED) is 0.490. The van der Waals surface area contributed by atoms with Crippen molar-refractivity contribution in [3.8, 4) is 0 Å². The summed E-state index contributed by atoms with van der Waals surface area (Å²) in [5.41, 5.74) is 1.24. The molecule has 112 valence electrons. The molecule has 0 fully saturated rings. The average Bonchev–Trinajstić information content (AvgIpc) is 2.45. The van der Waals surface area contributed by atoms with Crippen LogP contribution < -0.4 is 0 Å². The van der Waals surface area contributed by atoms with Crippen molar-refractivity contribution in [1.29, 1.82) is 0 Å². The third-order valence-electron chi connectivity index (χ3n) is 2.87. The van der Waals surface area contributed by atoms with Gasteiger partial charge in [-0.2, -0.15) is 11.8 Å². The lowest BCUT2D eigenvalue weighted by atomic mass is 10.2. The van der Waals surface area contributed by atoms with E-state index < -0.39 is 0 Å². The third kappa shape index (κ3) is 7.56. The van der Waals surface area contributed by atoms with Crippen molar-refractivity contribution in [2.24, 2.45) is 0 Å². The van der Waals surface area contributed by atoms with Crippen molar-refractivity contribution in [1.82, 2.24) is 4.90 Å². The Bertz CT molecular complexity index is 370. The maximum absolute atomic E-state index is 11.7. The van der Waals surface area contributed by atoms with Gasteiger partial charge in [-0.15, -0.1) is 0 Å². The first-order valence-corrected chi connectivity index (χ1v) is 8.41. The number of ether oxygens (including phenoxy) is 1. The zero-order chi connectivity index (χ0) is 14.6. The Hall–Kier alpha value is -1.00. The van der Waals surface area contributed by atoms with E-state index in [4.69, 9.17) is 4.74 Å². The van der Waals surface area contributed by atoms with Crippen molar-refractivity contribution < 1.29 is 9.53 Å². The Morgan fingerprint density at radius 1 is 1.25 bits per heavy atom.